The molecular formula is C13H8Cl2N2S. The van der Waals surface area contributed by atoms with E-state index in [9.17, 15) is 0 Å². The summed E-state index contributed by atoms with van der Waals surface area (Å²) in [6.07, 6.45) is 1.62. The Balaban J connectivity index is 2.06. The molecule has 0 spiro atoms. The average Bonchev–Trinajstić information content (AvgIpc) is 2.39. The van der Waals surface area contributed by atoms with Gasteiger partial charge in [-0.15, -0.1) is 11.8 Å². The molecule has 2 nitrogen and oxygen atoms in total. The van der Waals surface area contributed by atoms with Gasteiger partial charge in [0.2, 0.25) is 0 Å². The van der Waals surface area contributed by atoms with Crippen LogP contribution >= 0.6 is 35.0 Å². The van der Waals surface area contributed by atoms with Crippen molar-refractivity contribution in [1.82, 2.24) is 4.98 Å². The highest BCUT2D eigenvalue weighted by atomic mass is 35.5. The molecule has 0 N–H and O–H groups in total. The lowest BCUT2D eigenvalue weighted by Crippen LogP contribution is -1.86. The van der Waals surface area contributed by atoms with Crippen LogP contribution in [0.3, 0.4) is 0 Å². The molecule has 0 amide bonds. The molecule has 0 saturated heterocycles. The first kappa shape index (κ1) is 13.2. The summed E-state index contributed by atoms with van der Waals surface area (Å²) in [7, 11) is 0. The fraction of sp³-hybridized carbons (Fsp3) is 0.0769. The van der Waals surface area contributed by atoms with Crippen LogP contribution in [0.4, 0.5) is 0 Å². The first-order chi connectivity index (χ1) is 8.69. The maximum atomic E-state index is 8.75. The van der Waals surface area contributed by atoms with Crippen molar-refractivity contribution in [3.05, 3.63) is 57.7 Å². The van der Waals surface area contributed by atoms with Crippen molar-refractivity contribution < 1.29 is 0 Å². The topological polar surface area (TPSA) is 36.7 Å². The fourth-order valence-electron chi connectivity index (χ4n) is 1.33. The Morgan fingerprint density at radius 2 is 2.06 bits per heavy atom. The van der Waals surface area contributed by atoms with E-state index in [0.717, 1.165) is 10.6 Å². The molecule has 90 valence electrons. The van der Waals surface area contributed by atoms with Gasteiger partial charge in [0, 0.05) is 17.0 Å². The van der Waals surface area contributed by atoms with Crippen LogP contribution in [0.1, 0.15) is 11.1 Å². The van der Waals surface area contributed by atoms with Crippen LogP contribution in [0.25, 0.3) is 0 Å². The van der Waals surface area contributed by atoms with Crippen LogP contribution in [-0.2, 0) is 5.75 Å². The average molecular weight is 295 g/mol. The predicted molar refractivity (Wildman–Crippen MR) is 75.0 cm³/mol. The molecule has 0 radical (unpaired) electrons. The summed E-state index contributed by atoms with van der Waals surface area (Å²) in [4.78, 5) is 4.19. The number of hydrogen-bond acceptors (Lipinski definition) is 3. The molecule has 2 rings (SSSR count). The van der Waals surface area contributed by atoms with E-state index < -0.39 is 0 Å². The Kier molecular flexibility index (Phi) is 4.48. The molecule has 2 aromatic rings. The van der Waals surface area contributed by atoms with Crippen LogP contribution in [0.5, 0.6) is 0 Å². The largest absolute Gasteiger partial charge is 0.248 e. The molecule has 0 fully saturated rings. The van der Waals surface area contributed by atoms with Crippen LogP contribution in [0.2, 0.25) is 10.0 Å². The van der Waals surface area contributed by atoms with Crippen molar-refractivity contribution in [2.75, 3.05) is 0 Å². The van der Waals surface area contributed by atoms with Crippen LogP contribution in [0.15, 0.2) is 41.6 Å². The highest BCUT2D eigenvalue weighted by Crippen LogP contribution is 2.26. The van der Waals surface area contributed by atoms with Gasteiger partial charge < -0.3 is 0 Å². The zero-order chi connectivity index (χ0) is 13.0. The highest BCUT2D eigenvalue weighted by molar-refractivity contribution is 7.98. The van der Waals surface area contributed by atoms with Gasteiger partial charge in [-0.1, -0.05) is 29.3 Å². The molecule has 0 unspecified atom stereocenters. The van der Waals surface area contributed by atoms with E-state index >= 15 is 0 Å². The van der Waals surface area contributed by atoms with E-state index in [1.807, 2.05) is 12.1 Å². The van der Waals surface area contributed by atoms with Gasteiger partial charge in [0.1, 0.15) is 0 Å². The van der Waals surface area contributed by atoms with Gasteiger partial charge in [0.05, 0.1) is 21.7 Å². The van der Waals surface area contributed by atoms with Gasteiger partial charge in [-0.3, -0.25) is 0 Å². The van der Waals surface area contributed by atoms with Crippen LogP contribution < -0.4 is 0 Å². The van der Waals surface area contributed by atoms with Gasteiger partial charge in [0.15, 0.2) is 0 Å². The Hall–Kier alpha value is -1.21. The van der Waals surface area contributed by atoms with Gasteiger partial charge in [0.25, 0.3) is 0 Å². The Labute approximate surface area is 120 Å². The van der Waals surface area contributed by atoms with Crippen molar-refractivity contribution in [1.29, 1.82) is 5.26 Å². The SMILES string of the molecule is N#Cc1ccc(CSc2ccc(Cl)cn2)c(Cl)c1. The molecular weight excluding hydrogens is 287 g/mol. The van der Waals surface area contributed by atoms with E-state index in [2.05, 4.69) is 11.1 Å². The Morgan fingerprint density at radius 1 is 1.22 bits per heavy atom. The molecule has 0 aliphatic rings. The second-order valence-corrected chi connectivity index (χ2v) is 5.36. The molecule has 5 heteroatoms. The molecule has 1 aromatic heterocycles. The minimum atomic E-state index is 0.568. The van der Waals surface area contributed by atoms with Gasteiger partial charge in [-0.05, 0) is 29.8 Å². The first-order valence-corrected chi connectivity index (χ1v) is 6.86. The van der Waals surface area contributed by atoms with E-state index in [4.69, 9.17) is 28.5 Å². The number of rotatable bonds is 3. The van der Waals surface area contributed by atoms with Crippen molar-refractivity contribution in [2.24, 2.45) is 0 Å². The predicted octanol–water partition coefficient (Wildman–Crippen LogP) is 4.55. The molecule has 18 heavy (non-hydrogen) atoms. The summed E-state index contributed by atoms with van der Waals surface area (Å²) in [5.74, 6) is 0.708. The maximum absolute atomic E-state index is 8.75. The van der Waals surface area contributed by atoms with Crippen LogP contribution in [0, 0.1) is 11.3 Å². The molecule has 0 atom stereocenters. The van der Waals surface area contributed by atoms with E-state index in [-0.39, 0.29) is 0 Å². The quantitative estimate of drug-likeness (QED) is 0.779. The summed E-state index contributed by atoms with van der Waals surface area (Å²) in [6, 6.07) is 11.0. The third-order valence-electron chi connectivity index (χ3n) is 2.26. The van der Waals surface area contributed by atoms with Crippen molar-refractivity contribution in [3.8, 4) is 6.07 Å². The summed E-state index contributed by atoms with van der Waals surface area (Å²) in [5.41, 5.74) is 1.55. The van der Waals surface area contributed by atoms with E-state index in [0.29, 0.717) is 21.4 Å². The number of nitrogens with zero attached hydrogens (tertiary/aromatic N) is 2. The Bertz CT molecular complexity index is 591. The lowest BCUT2D eigenvalue weighted by atomic mass is 10.2. The lowest BCUT2D eigenvalue weighted by Gasteiger charge is -2.04. The first-order valence-electron chi connectivity index (χ1n) is 5.12. The monoisotopic (exact) mass is 294 g/mol. The molecule has 0 aliphatic heterocycles. The molecule has 0 saturated carbocycles. The fourth-order valence-corrected chi connectivity index (χ4v) is 2.62. The molecule has 0 aliphatic carbocycles. The zero-order valence-corrected chi connectivity index (χ0v) is 11.6. The summed E-state index contributed by atoms with van der Waals surface area (Å²) in [6.45, 7) is 0. The van der Waals surface area contributed by atoms with Gasteiger partial charge in [-0.25, -0.2) is 4.98 Å². The third-order valence-corrected chi connectivity index (χ3v) is 3.83. The standard InChI is InChI=1S/C13H8Cl2N2S/c14-11-3-4-13(17-7-11)18-8-10-2-1-9(6-16)5-12(10)15/h1-5,7H,8H2. The van der Waals surface area contributed by atoms with E-state index in [1.165, 1.54) is 0 Å². The highest BCUT2D eigenvalue weighted by Gasteiger charge is 2.03. The number of halogens is 2. The second kappa shape index (κ2) is 6.10. The summed E-state index contributed by atoms with van der Waals surface area (Å²) in [5, 5.41) is 10.9. The minimum Gasteiger partial charge on any atom is -0.248 e. The summed E-state index contributed by atoms with van der Waals surface area (Å²) < 4.78 is 0. The molecule has 1 aromatic carbocycles. The van der Waals surface area contributed by atoms with Gasteiger partial charge >= 0.3 is 0 Å². The maximum Gasteiger partial charge on any atom is 0.0992 e. The number of thioether (sulfide) groups is 1. The lowest BCUT2D eigenvalue weighted by molar-refractivity contribution is 1.13. The van der Waals surface area contributed by atoms with Crippen LogP contribution in [-0.4, -0.2) is 4.98 Å². The number of benzene rings is 1. The summed E-state index contributed by atoms with van der Waals surface area (Å²) >= 11 is 13.4. The number of hydrogen-bond donors (Lipinski definition) is 0. The van der Waals surface area contributed by atoms with Gasteiger partial charge in [-0.2, -0.15) is 5.26 Å². The number of aromatic nitrogens is 1. The third kappa shape index (κ3) is 3.39. The number of pyridine rings is 1. The van der Waals surface area contributed by atoms with Crippen molar-refractivity contribution in [3.63, 3.8) is 0 Å². The molecule has 0 bridgehead atoms. The normalized spacial score (nSPS) is 10.1. The number of nitriles is 1. The van der Waals surface area contributed by atoms with E-state index in [1.54, 1.807) is 36.2 Å². The van der Waals surface area contributed by atoms with Crippen molar-refractivity contribution >= 4 is 35.0 Å². The smallest absolute Gasteiger partial charge is 0.0992 e. The molecule has 1 heterocycles. The zero-order valence-electron chi connectivity index (χ0n) is 9.23. The minimum absolute atomic E-state index is 0.568. The second-order valence-electron chi connectivity index (χ2n) is 3.52. The Morgan fingerprint density at radius 3 is 2.67 bits per heavy atom. The van der Waals surface area contributed by atoms with Crippen molar-refractivity contribution in [2.45, 2.75) is 10.8 Å².